The van der Waals surface area contributed by atoms with Gasteiger partial charge in [-0.3, -0.25) is 4.90 Å². The summed E-state index contributed by atoms with van der Waals surface area (Å²) in [6.45, 7) is 8.12. The topological polar surface area (TPSA) is 19.4 Å². The van der Waals surface area contributed by atoms with Crippen LogP contribution in [-0.2, 0) is 5.88 Å². The van der Waals surface area contributed by atoms with Gasteiger partial charge >= 0.3 is 0 Å². The molecule has 0 N–H and O–H groups in total. The molecule has 0 radical (unpaired) electrons. The Bertz CT molecular complexity index is 410. The van der Waals surface area contributed by atoms with Crippen molar-refractivity contribution < 1.29 is 0 Å². The Hall–Kier alpha value is -0.160. The van der Waals surface area contributed by atoms with Gasteiger partial charge in [-0.25, -0.2) is 4.98 Å². The molecule has 1 aromatic heterocycles. The van der Waals surface area contributed by atoms with E-state index < -0.39 is 0 Å². The first-order chi connectivity index (χ1) is 9.69. The summed E-state index contributed by atoms with van der Waals surface area (Å²) in [6, 6.07) is 1.09. The summed E-state index contributed by atoms with van der Waals surface area (Å²) in [4.78, 5) is 9.87. The number of thiazole rings is 1. The van der Waals surface area contributed by atoms with Crippen molar-refractivity contribution in [2.24, 2.45) is 0 Å². The quantitative estimate of drug-likeness (QED) is 0.771. The minimum Gasteiger partial charge on any atom is -0.305 e. The van der Waals surface area contributed by atoms with Crippen molar-refractivity contribution in [2.75, 3.05) is 26.7 Å². The van der Waals surface area contributed by atoms with Gasteiger partial charge < -0.3 is 4.90 Å². The summed E-state index contributed by atoms with van der Waals surface area (Å²) in [5.41, 5.74) is 1.02. The largest absolute Gasteiger partial charge is 0.305 e. The summed E-state index contributed by atoms with van der Waals surface area (Å²) >= 11 is 7.67. The van der Waals surface area contributed by atoms with E-state index in [9.17, 15) is 0 Å². The molecule has 1 aromatic rings. The molecule has 1 aliphatic heterocycles. The van der Waals surface area contributed by atoms with Crippen molar-refractivity contribution in [3.05, 3.63) is 16.1 Å². The fourth-order valence-electron chi connectivity index (χ4n) is 3.12. The van der Waals surface area contributed by atoms with Crippen LogP contribution in [0, 0.1) is 0 Å². The molecule has 2 heterocycles. The Morgan fingerprint density at radius 3 is 2.85 bits per heavy atom. The highest BCUT2D eigenvalue weighted by Gasteiger charge is 2.29. The minimum atomic E-state index is 0.452. The first-order valence-electron chi connectivity index (χ1n) is 7.64. The second-order valence-corrected chi connectivity index (χ2v) is 6.81. The monoisotopic (exact) mass is 315 g/mol. The van der Waals surface area contributed by atoms with Gasteiger partial charge in [0.1, 0.15) is 5.01 Å². The molecule has 5 heteroatoms. The smallest absolute Gasteiger partial charge is 0.110 e. The normalized spacial score (nSPS) is 23.7. The molecule has 1 fully saturated rings. The van der Waals surface area contributed by atoms with Gasteiger partial charge in [-0.05, 0) is 32.9 Å². The van der Waals surface area contributed by atoms with E-state index in [2.05, 4.69) is 36.1 Å². The van der Waals surface area contributed by atoms with Crippen LogP contribution in [0.25, 0.3) is 0 Å². The van der Waals surface area contributed by atoms with Crippen molar-refractivity contribution >= 4 is 22.9 Å². The van der Waals surface area contributed by atoms with Crippen LogP contribution in [0.4, 0.5) is 0 Å². The number of likely N-dealkylation sites (N-methyl/N-ethyl adjacent to an activating group) is 1. The summed E-state index contributed by atoms with van der Waals surface area (Å²) in [6.07, 6.45) is 3.57. The lowest BCUT2D eigenvalue weighted by molar-refractivity contribution is 0.124. The van der Waals surface area contributed by atoms with Crippen LogP contribution in [0.5, 0.6) is 0 Å². The van der Waals surface area contributed by atoms with Crippen LogP contribution in [0.3, 0.4) is 0 Å². The number of alkyl halides is 1. The zero-order valence-electron chi connectivity index (χ0n) is 12.8. The lowest BCUT2D eigenvalue weighted by Gasteiger charge is -2.35. The molecule has 0 bridgehead atoms. The molecule has 0 spiro atoms. The molecule has 2 unspecified atom stereocenters. The number of nitrogens with zero attached hydrogens (tertiary/aromatic N) is 3. The number of hydrogen-bond donors (Lipinski definition) is 0. The maximum absolute atomic E-state index is 5.90. The lowest BCUT2D eigenvalue weighted by Crippen LogP contribution is -2.41. The zero-order valence-corrected chi connectivity index (χ0v) is 14.4. The molecule has 2 rings (SSSR count). The predicted molar refractivity (Wildman–Crippen MR) is 87.6 cm³/mol. The molecule has 0 aliphatic carbocycles. The van der Waals surface area contributed by atoms with Crippen LogP contribution in [0.15, 0.2) is 5.38 Å². The first kappa shape index (κ1) is 16.2. The lowest BCUT2D eigenvalue weighted by atomic mass is 10.1. The molecule has 114 valence electrons. The minimum absolute atomic E-state index is 0.452. The van der Waals surface area contributed by atoms with E-state index in [1.165, 1.54) is 37.5 Å². The Kier molecular flexibility index (Phi) is 6.27. The van der Waals surface area contributed by atoms with Gasteiger partial charge in [-0.15, -0.1) is 22.9 Å². The number of rotatable bonds is 5. The van der Waals surface area contributed by atoms with Gasteiger partial charge in [-0.2, -0.15) is 0 Å². The van der Waals surface area contributed by atoms with Crippen LogP contribution >= 0.6 is 22.9 Å². The van der Waals surface area contributed by atoms with Crippen molar-refractivity contribution in [1.29, 1.82) is 0 Å². The van der Waals surface area contributed by atoms with Gasteiger partial charge in [0, 0.05) is 24.5 Å². The third-order valence-electron chi connectivity index (χ3n) is 4.20. The number of halogens is 1. The molecule has 0 saturated carbocycles. The van der Waals surface area contributed by atoms with Crippen molar-refractivity contribution in [1.82, 2.24) is 14.8 Å². The van der Waals surface area contributed by atoms with Crippen LogP contribution in [-0.4, -0.2) is 47.5 Å². The third-order valence-corrected chi connectivity index (χ3v) is 5.47. The Labute approximate surface area is 131 Å². The summed E-state index contributed by atoms with van der Waals surface area (Å²) in [5.74, 6) is 0.521. The van der Waals surface area contributed by atoms with E-state index in [0.29, 0.717) is 18.0 Å². The highest BCUT2D eigenvalue weighted by atomic mass is 35.5. The second-order valence-electron chi connectivity index (χ2n) is 5.65. The summed E-state index contributed by atoms with van der Waals surface area (Å²) in [5, 5.41) is 3.35. The van der Waals surface area contributed by atoms with Gasteiger partial charge in [0.2, 0.25) is 0 Å². The van der Waals surface area contributed by atoms with Gasteiger partial charge in [0.25, 0.3) is 0 Å². The van der Waals surface area contributed by atoms with E-state index in [0.717, 1.165) is 12.1 Å². The average molecular weight is 316 g/mol. The van der Waals surface area contributed by atoms with Gasteiger partial charge in [0.05, 0.1) is 17.6 Å². The van der Waals surface area contributed by atoms with Crippen molar-refractivity contribution in [3.63, 3.8) is 0 Å². The fraction of sp³-hybridized carbons (Fsp3) is 0.800. The third kappa shape index (κ3) is 3.73. The van der Waals surface area contributed by atoms with Gasteiger partial charge in [-0.1, -0.05) is 13.8 Å². The fourth-order valence-corrected chi connectivity index (χ4v) is 4.37. The molecule has 1 aliphatic rings. The van der Waals surface area contributed by atoms with E-state index in [-0.39, 0.29) is 0 Å². The Morgan fingerprint density at radius 2 is 2.25 bits per heavy atom. The van der Waals surface area contributed by atoms with E-state index in [1.807, 2.05) is 0 Å². The molecule has 0 amide bonds. The molecule has 1 saturated heterocycles. The van der Waals surface area contributed by atoms with Gasteiger partial charge in [0.15, 0.2) is 0 Å². The highest BCUT2D eigenvalue weighted by Crippen LogP contribution is 2.31. The van der Waals surface area contributed by atoms with Crippen molar-refractivity contribution in [3.8, 4) is 0 Å². The molecule has 0 aromatic carbocycles. The Morgan fingerprint density at radius 1 is 1.45 bits per heavy atom. The summed E-state index contributed by atoms with van der Waals surface area (Å²) in [7, 11) is 2.24. The maximum Gasteiger partial charge on any atom is 0.110 e. The number of aromatic nitrogens is 1. The zero-order chi connectivity index (χ0) is 14.5. The Balaban J connectivity index is 2.19. The van der Waals surface area contributed by atoms with Crippen LogP contribution < -0.4 is 0 Å². The van der Waals surface area contributed by atoms with E-state index in [4.69, 9.17) is 16.6 Å². The van der Waals surface area contributed by atoms with Crippen LogP contribution in [0.1, 0.15) is 49.9 Å². The average Bonchev–Trinajstić information content (AvgIpc) is 2.85. The van der Waals surface area contributed by atoms with E-state index >= 15 is 0 Å². The standard InChI is InChI=1S/C15H26ClN3S/c1-4-13-10-18(3)7-6-8-19(13)14(5-2)15-17-12(9-16)11-20-15/h11,13-14H,4-10H2,1-3H3. The second kappa shape index (κ2) is 7.74. The maximum atomic E-state index is 5.90. The van der Waals surface area contributed by atoms with E-state index in [1.54, 1.807) is 11.3 Å². The number of hydrogen-bond acceptors (Lipinski definition) is 4. The molecular formula is C15H26ClN3S. The SMILES string of the molecule is CCC1CN(C)CCCN1C(CC)c1nc(CCl)cs1. The molecule has 20 heavy (non-hydrogen) atoms. The molecule has 3 nitrogen and oxygen atoms in total. The van der Waals surface area contributed by atoms with Crippen molar-refractivity contribution in [2.45, 2.75) is 51.1 Å². The first-order valence-corrected chi connectivity index (χ1v) is 9.05. The highest BCUT2D eigenvalue weighted by molar-refractivity contribution is 7.09. The molecule has 2 atom stereocenters. The predicted octanol–water partition coefficient (Wildman–Crippen LogP) is 3.75. The molecular weight excluding hydrogens is 290 g/mol. The van der Waals surface area contributed by atoms with Crippen LogP contribution in [0.2, 0.25) is 0 Å². The summed E-state index contributed by atoms with van der Waals surface area (Å²) < 4.78 is 0.